The van der Waals surface area contributed by atoms with Gasteiger partial charge >= 0.3 is 5.97 Å². The second-order valence-electron chi connectivity index (χ2n) is 5.27. The molecule has 106 valence electrons. The molecule has 2 N–H and O–H groups in total. The lowest BCUT2D eigenvalue weighted by Crippen LogP contribution is -2.08. The van der Waals surface area contributed by atoms with Crippen LogP contribution in [0.3, 0.4) is 0 Å². The van der Waals surface area contributed by atoms with Crippen LogP contribution < -0.4 is 0 Å². The van der Waals surface area contributed by atoms with Crippen molar-refractivity contribution in [1.29, 1.82) is 0 Å². The molecule has 0 spiro atoms. The average Bonchev–Trinajstić information content (AvgIpc) is 2.81. The zero-order valence-electron chi connectivity index (χ0n) is 11.8. The maximum absolute atomic E-state index is 11.3. The SMILES string of the molecule is Cc1[nH]c2ccccc2c1[C@@H](CC(=O)O)c1ccccc1. The Kier molecular flexibility index (Phi) is 3.48. The highest BCUT2D eigenvalue weighted by Crippen LogP contribution is 2.35. The quantitative estimate of drug-likeness (QED) is 0.756. The lowest BCUT2D eigenvalue weighted by atomic mass is 9.87. The summed E-state index contributed by atoms with van der Waals surface area (Å²) < 4.78 is 0. The zero-order chi connectivity index (χ0) is 14.8. The van der Waals surface area contributed by atoms with E-state index in [1.807, 2.05) is 61.5 Å². The number of nitrogens with one attached hydrogen (secondary N) is 1. The number of aromatic amines is 1. The molecule has 3 nitrogen and oxygen atoms in total. The molecule has 1 heterocycles. The molecule has 0 aliphatic heterocycles. The summed E-state index contributed by atoms with van der Waals surface area (Å²) >= 11 is 0. The molecule has 21 heavy (non-hydrogen) atoms. The minimum Gasteiger partial charge on any atom is -0.481 e. The van der Waals surface area contributed by atoms with Gasteiger partial charge in [-0.1, -0.05) is 48.5 Å². The van der Waals surface area contributed by atoms with Gasteiger partial charge in [0, 0.05) is 22.5 Å². The number of hydrogen-bond donors (Lipinski definition) is 2. The van der Waals surface area contributed by atoms with Gasteiger partial charge in [-0.05, 0) is 24.1 Å². The van der Waals surface area contributed by atoms with E-state index in [1.54, 1.807) is 0 Å². The predicted molar refractivity (Wildman–Crippen MR) is 83.6 cm³/mol. The molecule has 3 rings (SSSR count). The van der Waals surface area contributed by atoms with Crippen LogP contribution >= 0.6 is 0 Å². The number of H-pyrrole nitrogens is 1. The molecule has 0 saturated heterocycles. The van der Waals surface area contributed by atoms with E-state index < -0.39 is 5.97 Å². The number of carboxylic acid groups (broad SMARTS) is 1. The lowest BCUT2D eigenvalue weighted by Gasteiger charge is -2.16. The molecule has 1 atom stereocenters. The fourth-order valence-electron chi connectivity index (χ4n) is 2.99. The van der Waals surface area contributed by atoms with E-state index in [-0.39, 0.29) is 12.3 Å². The van der Waals surface area contributed by atoms with Gasteiger partial charge in [0.15, 0.2) is 0 Å². The minimum atomic E-state index is -0.784. The molecule has 0 aliphatic carbocycles. The molecule has 2 aromatic carbocycles. The summed E-state index contributed by atoms with van der Waals surface area (Å²) in [6, 6.07) is 17.9. The van der Waals surface area contributed by atoms with Gasteiger partial charge in [-0.3, -0.25) is 4.79 Å². The summed E-state index contributed by atoms with van der Waals surface area (Å²) in [6.45, 7) is 2.01. The third kappa shape index (κ3) is 2.55. The fraction of sp³-hybridized carbons (Fsp3) is 0.167. The Morgan fingerprint density at radius 3 is 2.48 bits per heavy atom. The van der Waals surface area contributed by atoms with Crippen molar-refractivity contribution >= 4 is 16.9 Å². The number of para-hydroxylation sites is 1. The number of hydrogen-bond acceptors (Lipinski definition) is 1. The van der Waals surface area contributed by atoms with Gasteiger partial charge in [0.05, 0.1) is 6.42 Å². The summed E-state index contributed by atoms with van der Waals surface area (Å²) in [4.78, 5) is 14.7. The smallest absolute Gasteiger partial charge is 0.304 e. The molecule has 0 unspecified atom stereocenters. The first-order valence-corrected chi connectivity index (χ1v) is 7.00. The highest BCUT2D eigenvalue weighted by atomic mass is 16.4. The van der Waals surface area contributed by atoms with E-state index in [1.165, 1.54) is 0 Å². The topological polar surface area (TPSA) is 53.1 Å². The molecule has 0 amide bonds. The van der Waals surface area contributed by atoms with Gasteiger partial charge in [0.1, 0.15) is 0 Å². The number of aryl methyl sites for hydroxylation is 1. The average molecular weight is 279 g/mol. The van der Waals surface area contributed by atoms with Gasteiger partial charge in [-0.2, -0.15) is 0 Å². The van der Waals surface area contributed by atoms with Crippen LogP contribution in [0.2, 0.25) is 0 Å². The Labute approximate surface area is 123 Å². The van der Waals surface area contributed by atoms with Crippen LogP contribution in [0.5, 0.6) is 0 Å². The molecular weight excluding hydrogens is 262 g/mol. The number of aliphatic carboxylic acids is 1. The first-order valence-electron chi connectivity index (χ1n) is 7.00. The number of carboxylic acids is 1. The van der Waals surface area contributed by atoms with Crippen molar-refractivity contribution in [3.8, 4) is 0 Å². The number of carbonyl (C=O) groups is 1. The number of aromatic nitrogens is 1. The van der Waals surface area contributed by atoms with E-state index in [2.05, 4.69) is 4.98 Å². The first-order chi connectivity index (χ1) is 10.2. The van der Waals surface area contributed by atoms with E-state index in [0.717, 1.165) is 27.7 Å². The van der Waals surface area contributed by atoms with Crippen molar-refractivity contribution in [1.82, 2.24) is 4.98 Å². The van der Waals surface area contributed by atoms with Gasteiger partial charge in [-0.15, -0.1) is 0 Å². The number of rotatable bonds is 4. The van der Waals surface area contributed by atoms with Crippen LogP contribution in [0.15, 0.2) is 54.6 Å². The monoisotopic (exact) mass is 279 g/mol. The van der Waals surface area contributed by atoms with Crippen molar-refractivity contribution in [2.75, 3.05) is 0 Å². The van der Waals surface area contributed by atoms with Gasteiger partial charge in [0.2, 0.25) is 0 Å². The zero-order valence-corrected chi connectivity index (χ0v) is 11.8. The Morgan fingerprint density at radius 2 is 1.76 bits per heavy atom. The summed E-state index contributed by atoms with van der Waals surface area (Å²) in [5, 5.41) is 10.4. The second kappa shape index (κ2) is 5.44. The van der Waals surface area contributed by atoms with Crippen molar-refractivity contribution in [2.45, 2.75) is 19.3 Å². The Balaban J connectivity index is 2.19. The highest BCUT2D eigenvalue weighted by Gasteiger charge is 2.23. The lowest BCUT2D eigenvalue weighted by molar-refractivity contribution is -0.137. The Bertz CT molecular complexity index is 774. The maximum atomic E-state index is 11.3. The second-order valence-corrected chi connectivity index (χ2v) is 5.27. The highest BCUT2D eigenvalue weighted by molar-refractivity contribution is 5.86. The standard InChI is InChI=1S/C18H17NO2/c1-12-18(14-9-5-6-10-16(14)19-12)15(11-17(20)21)13-7-3-2-4-8-13/h2-10,15,19H,11H2,1H3,(H,20,21)/t15-/m0/s1. The first kappa shape index (κ1) is 13.4. The van der Waals surface area contributed by atoms with E-state index in [0.29, 0.717) is 0 Å². The summed E-state index contributed by atoms with van der Waals surface area (Å²) in [7, 11) is 0. The van der Waals surface area contributed by atoms with Crippen LogP contribution in [0.25, 0.3) is 10.9 Å². The predicted octanol–water partition coefficient (Wildman–Crippen LogP) is 4.08. The third-order valence-electron chi connectivity index (χ3n) is 3.87. The van der Waals surface area contributed by atoms with Crippen molar-refractivity contribution < 1.29 is 9.90 Å². The summed E-state index contributed by atoms with van der Waals surface area (Å²) in [6.07, 6.45) is 0.0900. The minimum absolute atomic E-state index is 0.0900. The normalized spacial score (nSPS) is 12.4. The number of fused-ring (bicyclic) bond motifs is 1. The van der Waals surface area contributed by atoms with Gasteiger partial charge < -0.3 is 10.1 Å². The van der Waals surface area contributed by atoms with Crippen molar-refractivity contribution in [3.05, 3.63) is 71.4 Å². The Morgan fingerprint density at radius 1 is 1.10 bits per heavy atom. The largest absolute Gasteiger partial charge is 0.481 e. The Hall–Kier alpha value is -2.55. The van der Waals surface area contributed by atoms with Crippen LogP contribution in [0, 0.1) is 6.92 Å². The summed E-state index contributed by atoms with van der Waals surface area (Å²) in [5.74, 6) is -0.923. The summed E-state index contributed by atoms with van der Waals surface area (Å²) in [5.41, 5.74) is 4.20. The van der Waals surface area contributed by atoms with Crippen molar-refractivity contribution in [2.24, 2.45) is 0 Å². The molecule has 0 saturated carbocycles. The van der Waals surface area contributed by atoms with Crippen LogP contribution in [0.4, 0.5) is 0 Å². The molecule has 0 aliphatic rings. The molecule has 3 aromatic rings. The van der Waals surface area contributed by atoms with Gasteiger partial charge in [-0.25, -0.2) is 0 Å². The number of benzene rings is 2. The van der Waals surface area contributed by atoms with Crippen LogP contribution in [-0.2, 0) is 4.79 Å². The molecule has 0 radical (unpaired) electrons. The van der Waals surface area contributed by atoms with E-state index in [9.17, 15) is 9.90 Å². The van der Waals surface area contributed by atoms with E-state index >= 15 is 0 Å². The van der Waals surface area contributed by atoms with Crippen LogP contribution in [0.1, 0.15) is 29.2 Å². The molecular formula is C18H17NO2. The van der Waals surface area contributed by atoms with Crippen molar-refractivity contribution in [3.63, 3.8) is 0 Å². The maximum Gasteiger partial charge on any atom is 0.304 e. The van der Waals surface area contributed by atoms with Gasteiger partial charge in [0.25, 0.3) is 0 Å². The fourth-order valence-corrected chi connectivity index (χ4v) is 2.99. The molecule has 0 fully saturated rings. The third-order valence-corrected chi connectivity index (χ3v) is 3.87. The van der Waals surface area contributed by atoms with Crippen LogP contribution in [-0.4, -0.2) is 16.1 Å². The van der Waals surface area contributed by atoms with E-state index in [4.69, 9.17) is 0 Å². The molecule has 1 aromatic heterocycles. The molecule has 3 heteroatoms. The molecule has 0 bridgehead atoms.